The van der Waals surface area contributed by atoms with Gasteiger partial charge in [0.25, 0.3) is 5.91 Å². The van der Waals surface area contributed by atoms with E-state index in [9.17, 15) is 13.2 Å². The Kier molecular flexibility index (Phi) is 4.94. The van der Waals surface area contributed by atoms with Gasteiger partial charge in [0, 0.05) is 5.02 Å². The third-order valence-corrected chi connectivity index (χ3v) is 5.93. The van der Waals surface area contributed by atoms with Gasteiger partial charge in [-0.3, -0.25) is 4.79 Å². The predicted octanol–water partition coefficient (Wildman–Crippen LogP) is 2.45. The number of halogens is 2. The van der Waals surface area contributed by atoms with Crippen LogP contribution in [0.3, 0.4) is 0 Å². The van der Waals surface area contributed by atoms with E-state index in [1.54, 1.807) is 26.0 Å². The van der Waals surface area contributed by atoms with E-state index < -0.39 is 21.5 Å². The standard InChI is InChI=1S/C14H17Cl2NO4S/c1-9(21-12-4-3-10(15)7-11(12)16)13(18)17-14(2)5-6-22(19,20)8-14/h3-4,7,9H,5-6,8H2,1-2H3,(H,17,18). The Morgan fingerprint density at radius 2 is 2.09 bits per heavy atom. The average molecular weight is 366 g/mol. The van der Waals surface area contributed by atoms with Crippen molar-refractivity contribution in [1.82, 2.24) is 5.32 Å². The molecule has 2 unspecified atom stereocenters. The van der Waals surface area contributed by atoms with E-state index in [0.717, 1.165) is 0 Å². The number of nitrogens with one attached hydrogen (secondary N) is 1. The van der Waals surface area contributed by atoms with Gasteiger partial charge < -0.3 is 10.1 Å². The maximum Gasteiger partial charge on any atom is 0.261 e. The molecule has 1 aromatic rings. The summed E-state index contributed by atoms with van der Waals surface area (Å²) in [6, 6.07) is 4.71. The lowest BCUT2D eigenvalue weighted by molar-refractivity contribution is -0.128. The Hall–Kier alpha value is -0.980. The van der Waals surface area contributed by atoms with Gasteiger partial charge in [0.2, 0.25) is 0 Å². The third kappa shape index (κ3) is 4.27. The average Bonchev–Trinajstić information content (AvgIpc) is 2.66. The summed E-state index contributed by atoms with van der Waals surface area (Å²) in [4.78, 5) is 12.2. The lowest BCUT2D eigenvalue weighted by atomic mass is 10.0. The van der Waals surface area contributed by atoms with Crippen molar-refractivity contribution in [2.75, 3.05) is 11.5 Å². The molecule has 22 heavy (non-hydrogen) atoms. The molecule has 1 amide bonds. The van der Waals surface area contributed by atoms with Crippen molar-refractivity contribution in [1.29, 1.82) is 0 Å². The van der Waals surface area contributed by atoms with Crippen LogP contribution in [0.1, 0.15) is 20.3 Å². The van der Waals surface area contributed by atoms with Crippen LogP contribution in [-0.4, -0.2) is 37.5 Å². The van der Waals surface area contributed by atoms with E-state index in [0.29, 0.717) is 22.2 Å². The van der Waals surface area contributed by atoms with Crippen LogP contribution >= 0.6 is 23.2 Å². The number of rotatable bonds is 4. The first kappa shape index (κ1) is 17.4. The Labute approximate surface area is 139 Å². The number of ether oxygens (including phenoxy) is 1. The molecule has 0 aromatic heterocycles. The number of carbonyl (C=O) groups is 1. The van der Waals surface area contributed by atoms with Crippen molar-refractivity contribution < 1.29 is 17.9 Å². The zero-order chi connectivity index (χ0) is 16.5. The molecule has 1 heterocycles. The topological polar surface area (TPSA) is 72.5 Å². The van der Waals surface area contributed by atoms with Crippen LogP contribution in [0.15, 0.2) is 18.2 Å². The fourth-order valence-corrected chi connectivity index (χ4v) is 4.87. The van der Waals surface area contributed by atoms with E-state index >= 15 is 0 Å². The van der Waals surface area contributed by atoms with E-state index in [-0.39, 0.29) is 17.4 Å². The van der Waals surface area contributed by atoms with Gasteiger partial charge in [-0.05, 0) is 38.5 Å². The molecule has 1 aliphatic heterocycles. The van der Waals surface area contributed by atoms with Gasteiger partial charge in [0.15, 0.2) is 15.9 Å². The third-order valence-electron chi connectivity index (χ3n) is 3.50. The molecule has 0 saturated carbocycles. The summed E-state index contributed by atoms with van der Waals surface area (Å²) in [5, 5.41) is 3.53. The highest BCUT2D eigenvalue weighted by atomic mass is 35.5. The number of carbonyl (C=O) groups excluding carboxylic acids is 1. The smallest absolute Gasteiger partial charge is 0.261 e. The molecular formula is C14H17Cl2NO4S. The van der Waals surface area contributed by atoms with Crippen LogP contribution in [0.2, 0.25) is 10.0 Å². The van der Waals surface area contributed by atoms with Crippen molar-refractivity contribution in [3.05, 3.63) is 28.2 Å². The zero-order valence-corrected chi connectivity index (χ0v) is 14.6. The maximum absolute atomic E-state index is 12.2. The first-order valence-corrected chi connectivity index (χ1v) is 9.32. The van der Waals surface area contributed by atoms with E-state index in [4.69, 9.17) is 27.9 Å². The molecule has 1 saturated heterocycles. The van der Waals surface area contributed by atoms with Crippen LogP contribution in [0.5, 0.6) is 5.75 Å². The highest BCUT2D eigenvalue weighted by Crippen LogP contribution is 2.28. The normalized spacial score (nSPS) is 24.7. The quantitative estimate of drug-likeness (QED) is 0.889. The van der Waals surface area contributed by atoms with Gasteiger partial charge >= 0.3 is 0 Å². The molecule has 0 spiro atoms. The number of amides is 1. The molecule has 0 radical (unpaired) electrons. The SMILES string of the molecule is CC(Oc1ccc(Cl)cc1Cl)C(=O)NC1(C)CCS(=O)(=O)C1. The molecule has 1 aromatic carbocycles. The molecule has 0 aliphatic carbocycles. The summed E-state index contributed by atoms with van der Waals surface area (Å²) in [5.41, 5.74) is -0.753. The lowest BCUT2D eigenvalue weighted by Crippen LogP contribution is -2.51. The molecule has 1 fully saturated rings. The van der Waals surface area contributed by atoms with Crippen LogP contribution in [0.25, 0.3) is 0 Å². The Balaban J connectivity index is 2.01. The molecule has 5 nitrogen and oxygen atoms in total. The number of hydrogen-bond acceptors (Lipinski definition) is 4. The van der Waals surface area contributed by atoms with Crippen LogP contribution in [-0.2, 0) is 14.6 Å². The molecule has 0 bridgehead atoms. The number of sulfone groups is 1. The number of benzene rings is 1. The van der Waals surface area contributed by atoms with Gasteiger partial charge in [-0.2, -0.15) is 0 Å². The molecule has 1 N–H and O–H groups in total. The fourth-order valence-electron chi connectivity index (χ4n) is 2.32. The van der Waals surface area contributed by atoms with Gasteiger partial charge in [-0.25, -0.2) is 8.42 Å². The molecule has 2 rings (SSSR count). The second kappa shape index (κ2) is 6.26. The maximum atomic E-state index is 12.2. The minimum atomic E-state index is -3.09. The van der Waals surface area contributed by atoms with Crippen molar-refractivity contribution in [3.8, 4) is 5.75 Å². The summed E-state index contributed by atoms with van der Waals surface area (Å²) in [5.74, 6) is -0.00845. The largest absolute Gasteiger partial charge is 0.479 e. The fraction of sp³-hybridized carbons (Fsp3) is 0.500. The van der Waals surface area contributed by atoms with E-state index in [1.807, 2.05) is 0 Å². The second-order valence-electron chi connectivity index (χ2n) is 5.73. The van der Waals surface area contributed by atoms with Crippen molar-refractivity contribution in [2.24, 2.45) is 0 Å². The summed E-state index contributed by atoms with van der Waals surface area (Å²) < 4.78 is 28.6. The zero-order valence-electron chi connectivity index (χ0n) is 12.2. The first-order valence-electron chi connectivity index (χ1n) is 6.74. The van der Waals surface area contributed by atoms with Crippen LogP contribution < -0.4 is 10.1 Å². The molecule has 8 heteroatoms. The van der Waals surface area contributed by atoms with Gasteiger partial charge in [0.05, 0.1) is 22.1 Å². The second-order valence-corrected chi connectivity index (χ2v) is 8.75. The minimum Gasteiger partial charge on any atom is -0.479 e. The Bertz CT molecular complexity index is 692. The highest BCUT2D eigenvalue weighted by molar-refractivity contribution is 7.91. The van der Waals surface area contributed by atoms with E-state index in [2.05, 4.69) is 5.32 Å². The van der Waals surface area contributed by atoms with Crippen molar-refractivity contribution in [2.45, 2.75) is 31.9 Å². The minimum absolute atomic E-state index is 0.0554. The van der Waals surface area contributed by atoms with Crippen molar-refractivity contribution >= 4 is 38.9 Å². The summed E-state index contributed by atoms with van der Waals surface area (Å²) in [6.07, 6.45) is -0.408. The van der Waals surface area contributed by atoms with Crippen molar-refractivity contribution in [3.63, 3.8) is 0 Å². The predicted molar refractivity (Wildman–Crippen MR) is 86.4 cm³/mol. The van der Waals surface area contributed by atoms with Gasteiger partial charge in [-0.1, -0.05) is 23.2 Å². The molecular weight excluding hydrogens is 349 g/mol. The molecule has 2 atom stereocenters. The Morgan fingerprint density at radius 3 is 2.64 bits per heavy atom. The summed E-state index contributed by atoms with van der Waals surface area (Å²) >= 11 is 11.8. The van der Waals surface area contributed by atoms with Gasteiger partial charge in [-0.15, -0.1) is 0 Å². The first-order chi connectivity index (χ1) is 10.1. The summed E-state index contributed by atoms with van der Waals surface area (Å²) in [7, 11) is -3.09. The molecule has 1 aliphatic rings. The van der Waals surface area contributed by atoms with Crippen LogP contribution in [0.4, 0.5) is 0 Å². The van der Waals surface area contributed by atoms with E-state index in [1.165, 1.54) is 6.07 Å². The lowest BCUT2D eigenvalue weighted by Gasteiger charge is -2.26. The van der Waals surface area contributed by atoms with Gasteiger partial charge in [0.1, 0.15) is 5.75 Å². The number of hydrogen-bond donors (Lipinski definition) is 1. The summed E-state index contributed by atoms with van der Waals surface area (Å²) in [6.45, 7) is 3.30. The van der Waals surface area contributed by atoms with Crippen LogP contribution in [0, 0.1) is 0 Å². The Morgan fingerprint density at radius 1 is 1.41 bits per heavy atom. The molecule has 122 valence electrons. The highest BCUT2D eigenvalue weighted by Gasteiger charge is 2.40. The monoisotopic (exact) mass is 365 g/mol.